The van der Waals surface area contributed by atoms with Crippen molar-refractivity contribution >= 4 is 6.08 Å². The Hall–Kier alpha value is -1.12. The van der Waals surface area contributed by atoms with Gasteiger partial charge in [-0.15, -0.1) is 0 Å². The molecule has 1 aromatic heterocycles. The lowest BCUT2D eigenvalue weighted by atomic mass is 10.3. The van der Waals surface area contributed by atoms with Gasteiger partial charge in [0.1, 0.15) is 0 Å². The molecule has 0 saturated carbocycles. The van der Waals surface area contributed by atoms with Crippen molar-refractivity contribution in [3.8, 4) is 0 Å². The number of aromatic amines is 1. The summed E-state index contributed by atoms with van der Waals surface area (Å²) in [5, 5.41) is 1.07. The van der Waals surface area contributed by atoms with Crippen molar-refractivity contribution < 1.29 is 0 Å². The standard InChI is InChI=1S/C6H7N3/c1-2-5-6(7-3-1)9-4-8-5/h2,4H,1,3H2,(H,7,8,9). The minimum absolute atomic E-state index is 0.862. The number of nitrogens with one attached hydrogen (secondary N) is 1. The third-order valence-electron chi connectivity index (χ3n) is 1.39. The molecule has 3 heteroatoms. The van der Waals surface area contributed by atoms with Crippen molar-refractivity contribution in [3.05, 3.63) is 17.2 Å². The van der Waals surface area contributed by atoms with Gasteiger partial charge < -0.3 is 4.98 Å². The van der Waals surface area contributed by atoms with Crippen molar-refractivity contribution in [1.29, 1.82) is 0 Å². The van der Waals surface area contributed by atoms with Gasteiger partial charge in [0.05, 0.1) is 11.7 Å². The number of nitrogens with zero attached hydrogens (tertiary/aromatic N) is 2. The second kappa shape index (κ2) is 1.69. The summed E-state index contributed by atoms with van der Waals surface area (Å²) in [7, 11) is 0. The Labute approximate surface area is 52.2 Å². The molecule has 1 N–H and O–H groups in total. The van der Waals surface area contributed by atoms with Crippen LogP contribution in [0.15, 0.2) is 11.3 Å². The third kappa shape index (κ3) is 0.650. The van der Waals surface area contributed by atoms with Gasteiger partial charge in [-0.25, -0.2) is 4.98 Å². The van der Waals surface area contributed by atoms with E-state index in [-0.39, 0.29) is 0 Å². The molecule has 0 unspecified atom stereocenters. The Morgan fingerprint density at radius 2 is 2.56 bits per heavy atom. The van der Waals surface area contributed by atoms with E-state index in [2.05, 4.69) is 21.0 Å². The van der Waals surface area contributed by atoms with E-state index in [0.29, 0.717) is 0 Å². The molecular weight excluding hydrogens is 114 g/mol. The largest absolute Gasteiger partial charge is 0.343 e. The van der Waals surface area contributed by atoms with E-state index in [1.54, 1.807) is 6.33 Å². The summed E-state index contributed by atoms with van der Waals surface area (Å²) in [5.41, 5.74) is 0.862. The number of H-pyrrole nitrogens is 1. The van der Waals surface area contributed by atoms with Gasteiger partial charge in [0.2, 0.25) is 0 Å². The predicted octanol–water partition coefficient (Wildman–Crippen LogP) is -0.787. The maximum atomic E-state index is 4.18. The number of hydrogen-bond donors (Lipinski definition) is 1. The van der Waals surface area contributed by atoms with Gasteiger partial charge in [-0.2, -0.15) is 0 Å². The molecule has 1 aliphatic heterocycles. The Morgan fingerprint density at radius 3 is 3.44 bits per heavy atom. The van der Waals surface area contributed by atoms with E-state index < -0.39 is 0 Å². The summed E-state index contributed by atoms with van der Waals surface area (Å²) in [5.74, 6) is 0. The minimum atomic E-state index is 0.862. The highest BCUT2D eigenvalue weighted by Gasteiger charge is 1.92. The van der Waals surface area contributed by atoms with E-state index in [1.165, 1.54) is 0 Å². The zero-order valence-corrected chi connectivity index (χ0v) is 4.96. The number of aromatic nitrogens is 2. The van der Waals surface area contributed by atoms with Crippen molar-refractivity contribution in [3.63, 3.8) is 0 Å². The van der Waals surface area contributed by atoms with Gasteiger partial charge >= 0.3 is 0 Å². The molecule has 2 rings (SSSR count). The summed E-state index contributed by atoms with van der Waals surface area (Å²) in [6.07, 6.45) is 4.83. The summed E-state index contributed by atoms with van der Waals surface area (Å²) in [6, 6.07) is 0. The van der Waals surface area contributed by atoms with Crippen LogP contribution < -0.4 is 10.8 Å². The lowest BCUT2D eigenvalue weighted by molar-refractivity contribution is 0.930. The summed E-state index contributed by atoms with van der Waals surface area (Å²) < 4.78 is 0. The molecule has 1 aliphatic rings. The Bertz CT molecular complexity index is 279. The fourth-order valence-corrected chi connectivity index (χ4v) is 0.953. The third-order valence-corrected chi connectivity index (χ3v) is 1.39. The van der Waals surface area contributed by atoms with E-state index in [9.17, 15) is 0 Å². The second-order valence-electron chi connectivity index (χ2n) is 2.01. The zero-order valence-electron chi connectivity index (χ0n) is 4.96. The molecule has 0 radical (unpaired) electrons. The average molecular weight is 121 g/mol. The minimum Gasteiger partial charge on any atom is -0.343 e. The van der Waals surface area contributed by atoms with Crippen molar-refractivity contribution in [2.24, 2.45) is 4.99 Å². The smallest absolute Gasteiger partial charge is 0.172 e. The first-order chi connectivity index (χ1) is 4.47. The van der Waals surface area contributed by atoms with E-state index >= 15 is 0 Å². The molecule has 0 saturated heterocycles. The zero-order chi connectivity index (χ0) is 6.10. The number of fused-ring (bicyclic) bond motifs is 1. The Morgan fingerprint density at radius 1 is 1.56 bits per heavy atom. The lowest BCUT2D eigenvalue weighted by Crippen LogP contribution is -2.27. The van der Waals surface area contributed by atoms with E-state index in [1.807, 2.05) is 0 Å². The molecule has 0 aliphatic carbocycles. The maximum absolute atomic E-state index is 4.18. The first kappa shape index (κ1) is 4.73. The normalized spacial score (nSPS) is 15.6. The van der Waals surface area contributed by atoms with Crippen LogP contribution >= 0.6 is 0 Å². The van der Waals surface area contributed by atoms with Crippen molar-refractivity contribution in [1.82, 2.24) is 9.97 Å². The highest BCUT2D eigenvalue weighted by Crippen LogP contribution is 1.82. The number of hydrogen-bond acceptors (Lipinski definition) is 2. The second-order valence-corrected chi connectivity index (χ2v) is 2.01. The molecule has 0 spiro atoms. The van der Waals surface area contributed by atoms with Gasteiger partial charge in [0.15, 0.2) is 5.49 Å². The molecule has 0 bridgehead atoms. The first-order valence-corrected chi connectivity index (χ1v) is 3.01. The fourth-order valence-electron chi connectivity index (χ4n) is 0.953. The highest BCUT2D eigenvalue weighted by atomic mass is 14.9. The van der Waals surface area contributed by atoms with Crippen molar-refractivity contribution in [2.75, 3.05) is 6.54 Å². The maximum Gasteiger partial charge on any atom is 0.172 e. The molecule has 46 valence electrons. The van der Waals surface area contributed by atoms with Gasteiger partial charge in [0.25, 0.3) is 0 Å². The number of rotatable bonds is 0. The Kier molecular flexibility index (Phi) is 0.886. The van der Waals surface area contributed by atoms with Crippen molar-refractivity contribution in [2.45, 2.75) is 6.42 Å². The van der Waals surface area contributed by atoms with Crippen LogP contribution in [-0.4, -0.2) is 16.5 Å². The molecule has 0 amide bonds. The van der Waals surface area contributed by atoms with Crippen LogP contribution in [0.5, 0.6) is 0 Å². The fraction of sp³-hybridized carbons (Fsp3) is 0.333. The van der Waals surface area contributed by atoms with Crippen LogP contribution in [0.4, 0.5) is 0 Å². The highest BCUT2D eigenvalue weighted by molar-refractivity contribution is 5.18. The first-order valence-electron chi connectivity index (χ1n) is 3.01. The monoisotopic (exact) mass is 121 g/mol. The molecule has 0 fully saturated rings. The van der Waals surface area contributed by atoms with Crippen LogP contribution in [0.1, 0.15) is 6.42 Å². The average Bonchev–Trinajstić information content (AvgIpc) is 2.33. The summed E-state index contributed by atoms with van der Waals surface area (Å²) in [4.78, 5) is 11.2. The molecule has 9 heavy (non-hydrogen) atoms. The van der Waals surface area contributed by atoms with Crippen LogP contribution in [0.25, 0.3) is 6.08 Å². The molecule has 2 heterocycles. The predicted molar refractivity (Wildman–Crippen MR) is 33.3 cm³/mol. The van der Waals surface area contributed by atoms with Crippen LogP contribution in [0.2, 0.25) is 0 Å². The van der Waals surface area contributed by atoms with Crippen LogP contribution in [-0.2, 0) is 0 Å². The Balaban J connectivity index is 2.89. The van der Waals surface area contributed by atoms with Gasteiger partial charge in [0, 0.05) is 6.54 Å². The summed E-state index contributed by atoms with van der Waals surface area (Å²) >= 11 is 0. The molecule has 3 nitrogen and oxygen atoms in total. The van der Waals surface area contributed by atoms with Crippen LogP contribution in [0, 0.1) is 0 Å². The molecule has 0 aromatic carbocycles. The van der Waals surface area contributed by atoms with E-state index in [4.69, 9.17) is 0 Å². The van der Waals surface area contributed by atoms with Crippen LogP contribution in [0.3, 0.4) is 0 Å². The molecular formula is C6H7N3. The van der Waals surface area contributed by atoms with E-state index in [0.717, 1.165) is 23.8 Å². The van der Waals surface area contributed by atoms with Gasteiger partial charge in [-0.1, -0.05) is 6.08 Å². The molecule has 0 atom stereocenters. The number of imidazole rings is 1. The lowest BCUT2D eigenvalue weighted by Gasteiger charge is -1.89. The topological polar surface area (TPSA) is 41.0 Å². The molecule has 1 aromatic rings. The van der Waals surface area contributed by atoms with Gasteiger partial charge in [-0.05, 0) is 6.42 Å². The SMILES string of the molecule is C1=c2[nH]cnc2=NCC1. The quantitative estimate of drug-likeness (QED) is 0.480. The summed E-state index contributed by atoms with van der Waals surface area (Å²) in [6.45, 7) is 0.887. The van der Waals surface area contributed by atoms with Gasteiger partial charge in [-0.3, -0.25) is 4.99 Å².